The predicted octanol–water partition coefficient (Wildman–Crippen LogP) is 3.20. The van der Waals surface area contributed by atoms with Gasteiger partial charge in [0, 0.05) is 6.42 Å². The number of rotatable bonds is 6. The molecule has 0 aliphatic carbocycles. The highest BCUT2D eigenvalue weighted by molar-refractivity contribution is 5.69. The first-order valence-electron chi connectivity index (χ1n) is 6.38. The molecule has 0 amide bonds. The van der Waals surface area contributed by atoms with E-state index in [1.54, 1.807) is 7.11 Å². The summed E-state index contributed by atoms with van der Waals surface area (Å²) in [4.78, 5) is 11.3. The van der Waals surface area contributed by atoms with Crippen LogP contribution >= 0.6 is 0 Å². The van der Waals surface area contributed by atoms with Gasteiger partial charge in [0.2, 0.25) is 0 Å². The van der Waals surface area contributed by atoms with Gasteiger partial charge >= 0.3 is 5.97 Å². The van der Waals surface area contributed by atoms with E-state index in [9.17, 15) is 4.79 Å². The van der Waals surface area contributed by atoms with Crippen molar-refractivity contribution in [1.82, 2.24) is 0 Å². The molecular weight excluding hydrogens is 228 g/mol. The zero-order chi connectivity index (χ0) is 13.5. The van der Waals surface area contributed by atoms with Crippen LogP contribution in [0.4, 0.5) is 0 Å². The lowest BCUT2D eigenvalue weighted by molar-refractivity contribution is -0.143. The van der Waals surface area contributed by atoms with Gasteiger partial charge in [0.1, 0.15) is 5.75 Å². The van der Waals surface area contributed by atoms with E-state index in [-0.39, 0.29) is 5.97 Å². The zero-order valence-electron chi connectivity index (χ0n) is 11.7. The second kappa shape index (κ2) is 7.04. The Morgan fingerprint density at radius 1 is 1.28 bits per heavy atom. The normalized spacial score (nSPS) is 10.2. The maximum atomic E-state index is 11.3. The highest BCUT2D eigenvalue weighted by Gasteiger charge is 2.09. The van der Waals surface area contributed by atoms with Gasteiger partial charge in [0.25, 0.3) is 0 Å². The Kier molecular flexibility index (Phi) is 5.69. The number of carbonyl (C=O) groups excluding carboxylic acids is 1. The molecule has 1 aromatic carbocycles. The fraction of sp³-hybridized carbons (Fsp3) is 0.533. The molecule has 0 fully saturated rings. The number of aryl methyl sites for hydroxylation is 3. The summed E-state index contributed by atoms with van der Waals surface area (Å²) in [5.41, 5.74) is 3.53. The van der Waals surface area contributed by atoms with Crippen molar-refractivity contribution in [2.24, 2.45) is 0 Å². The van der Waals surface area contributed by atoms with Crippen LogP contribution in [0.15, 0.2) is 12.1 Å². The molecule has 1 rings (SSSR count). The molecule has 0 unspecified atom stereocenters. The Labute approximate surface area is 109 Å². The third-order valence-electron chi connectivity index (χ3n) is 2.83. The Morgan fingerprint density at radius 3 is 2.61 bits per heavy atom. The Hall–Kier alpha value is -1.51. The van der Waals surface area contributed by atoms with E-state index in [1.807, 2.05) is 13.8 Å². The number of benzene rings is 1. The van der Waals surface area contributed by atoms with Crippen LogP contribution in [0.25, 0.3) is 0 Å². The van der Waals surface area contributed by atoms with Crippen LogP contribution in [-0.2, 0) is 16.0 Å². The maximum absolute atomic E-state index is 11.3. The minimum atomic E-state index is -0.124. The first kappa shape index (κ1) is 14.6. The van der Waals surface area contributed by atoms with E-state index in [4.69, 9.17) is 9.47 Å². The number of hydrogen-bond acceptors (Lipinski definition) is 3. The fourth-order valence-corrected chi connectivity index (χ4v) is 2.18. The predicted molar refractivity (Wildman–Crippen MR) is 72.0 cm³/mol. The Balaban J connectivity index is 2.64. The van der Waals surface area contributed by atoms with Crippen LogP contribution in [0, 0.1) is 13.8 Å². The number of esters is 1. The first-order chi connectivity index (χ1) is 8.58. The maximum Gasteiger partial charge on any atom is 0.305 e. The number of methoxy groups -OCH3 is 1. The summed E-state index contributed by atoms with van der Waals surface area (Å²) >= 11 is 0. The average Bonchev–Trinajstić information content (AvgIpc) is 2.28. The molecule has 0 heterocycles. The van der Waals surface area contributed by atoms with E-state index in [2.05, 4.69) is 19.1 Å². The van der Waals surface area contributed by atoms with E-state index in [1.165, 1.54) is 11.1 Å². The second-order valence-electron chi connectivity index (χ2n) is 4.43. The largest absolute Gasteiger partial charge is 0.496 e. The second-order valence-corrected chi connectivity index (χ2v) is 4.43. The molecule has 18 heavy (non-hydrogen) atoms. The van der Waals surface area contributed by atoms with E-state index < -0.39 is 0 Å². The Bertz CT molecular complexity index is 410. The van der Waals surface area contributed by atoms with Crippen LogP contribution in [0.1, 0.15) is 36.5 Å². The molecule has 100 valence electrons. The van der Waals surface area contributed by atoms with Crippen molar-refractivity contribution < 1.29 is 14.3 Å². The molecule has 0 aliphatic rings. The molecule has 0 saturated heterocycles. The van der Waals surface area contributed by atoms with Gasteiger partial charge in [-0.25, -0.2) is 0 Å². The summed E-state index contributed by atoms with van der Waals surface area (Å²) in [5.74, 6) is 0.810. The quantitative estimate of drug-likeness (QED) is 0.727. The molecule has 0 radical (unpaired) electrons. The third-order valence-corrected chi connectivity index (χ3v) is 2.83. The molecule has 0 bridgehead atoms. The van der Waals surface area contributed by atoms with Gasteiger partial charge in [0.05, 0.1) is 13.7 Å². The topological polar surface area (TPSA) is 35.5 Å². The van der Waals surface area contributed by atoms with Gasteiger partial charge in [0.15, 0.2) is 0 Å². The van der Waals surface area contributed by atoms with Crippen molar-refractivity contribution in [2.75, 3.05) is 13.7 Å². The lowest BCUT2D eigenvalue weighted by Crippen LogP contribution is -2.04. The highest BCUT2D eigenvalue weighted by atomic mass is 16.5. The molecule has 0 spiro atoms. The summed E-state index contributed by atoms with van der Waals surface area (Å²) in [6.07, 6.45) is 2.09. The lowest BCUT2D eigenvalue weighted by Gasteiger charge is -2.12. The van der Waals surface area contributed by atoms with E-state index >= 15 is 0 Å². The summed E-state index contributed by atoms with van der Waals surface area (Å²) < 4.78 is 10.3. The minimum Gasteiger partial charge on any atom is -0.496 e. The van der Waals surface area contributed by atoms with Crippen molar-refractivity contribution >= 4 is 5.97 Å². The minimum absolute atomic E-state index is 0.124. The first-order valence-corrected chi connectivity index (χ1v) is 6.38. The van der Waals surface area contributed by atoms with Gasteiger partial charge in [-0.3, -0.25) is 4.79 Å². The monoisotopic (exact) mass is 250 g/mol. The molecular formula is C15H22O3. The van der Waals surface area contributed by atoms with Crippen molar-refractivity contribution in [1.29, 1.82) is 0 Å². The van der Waals surface area contributed by atoms with E-state index in [0.29, 0.717) is 13.0 Å². The van der Waals surface area contributed by atoms with Gasteiger partial charge in [-0.15, -0.1) is 0 Å². The van der Waals surface area contributed by atoms with Crippen LogP contribution in [0.3, 0.4) is 0 Å². The molecule has 3 nitrogen and oxygen atoms in total. The van der Waals surface area contributed by atoms with Crippen LogP contribution in [0.2, 0.25) is 0 Å². The summed E-state index contributed by atoms with van der Waals surface area (Å²) in [6, 6.07) is 4.23. The summed E-state index contributed by atoms with van der Waals surface area (Å²) in [7, 11) is 1.69. The van der Waals surface area contributed by atoms with Crippen LogP contribution in [-0.4, -0.2) is 19.7 Å². The molecule has 0 aromatic heterocycles. The standard InChI is InChI=1S/C15H22O3/c1-5-18-14(16)8-6-7-13-10-11(2)9-12(3)15(13)17-4/h9-10H,5-8H2,1-4H3. The Morgan fingerprint density at radius 2 is 2.00 bits per heavy atom. The molecule has 3 heteroatoms. The molecule has 0 aliphatic heterocycles. The highest BCUT2D eigenvalue weighted by Crippen LogP contribution is 2.26. The lowest BCUT2D eigenvalue weighted by atomic mass is 10.0. The van der Waals surface area contributed by atoms with Gasteiger partial charge in [-0.1, -0.05) is 17.7 Å². The number of carbonyl (C=O) groups is 1. The van der Waals surface area contributed by atoms with E-state index in [0.717, 1.165) is 24.2 Å². The van der Waals surface area contributed by atoms with Crippen molar-refractivity contribution in [3.63, 3.8) is 0 Å². The molecule has 0 atom stereocenters. The summed E-state index contributed by atoms with van der Waals surface area (Å²) in [5, 5.41) is 0. The number of hydrogen-bond donors (Lipinski definition) is 0. The SMILES string of the molecule is CCOC(=O)CCCc1cc(C)cc(C)c1OC. The van der Waals surface area contributed by atoms with Crippen molar-refractivity contribution in [2.45, 2.75) is 40.0 Å². The van der Waals surface area contributed by atoms with Crippen LogP contribution < -0.4 is 4.74 Å². The fourth-order valence-electron chi connectivity index (χ4n) is 2.18. The van der Waals surface area contributed by atoms with Crippen molar-refractivity contribution in [3.05, 3.63) is 28.8 Å². The van der Waals surface area contributed by atoms with Gasteiger partial charge in [-0.2, -0.15) is 0 Å². The molecule has 0 saturated carbocycles. The third kappa shape index (κ3) is 4.06. The van der Waals surface area contributed by atoms with Gasteiger partial charge < -0.3 is 9.47 Å². The van der Waals surface area contributed by atoms with Gasteiger partial charge in [-0.05, 0) is 44.7 Å². The average molecular weight is 250 g/mol. The zero-order valence-corrected chi connectivity index (χ0v) is 11.7. The summed E-state index contributed by atoms with van der Waals surface area (Å²) in [6.45, 7) is 6.39. The molecule has 1 aromatic rings. The molecule has 0 N–H and O–H groups in total. The smallest absolute Gasteiger partial charge is 0.305 e. The number of ether oxygens (including phenoxy) is 2. The van der Waals surface area contributed by atoms with Crippen molar-refractivity contribution in [3.8, 4) is 5.75 Å². The van der Waals surface area contributed by atoms with Crippen LogP contribution in [0.5, 0.6) is 5.75 Å².